The Labute approximate surface area is 136 Å². The summed E-state index contributed by atoms with van der Waals surface area (Å²) in [6, 6.07) is 4.67. The number of rotatable bonds is 4. The van der Waals surface area contributed by atoms with Gasteiger partial charge in [-0.1, -0.05) is 41.6 Å². The van der Waals surface area contributed by atoms with E-state index in [1.165, 1.54) is 12.1 Å². The van der Waals surface area contributed by atoms with E-state index >= 15 is 0 Å². The van der Waals surface area contributed by atoms with E-state index in [0.717, 1.165) is 12.1 Å². The Balaban J connectivity index is 2.96. The zero-order valence-corrected chi connectivity index (χ0v) is 14.5. The van der Waals surface area contributed by atoms with Gasteiger partial charge in [0.15, 0.2) is 0 Å². The number of carbonyl (C=O) groups excluding carboxylic acids is 1. The average molecular weight is 414 g/mol. The Kier molecular flexibility index (Phi) is 5.34. The van der Waals surface area contributed by atoms with Crippen LogP contribution in [0.25, 0.3) is 0 Å². The molecule has 0 fully saturated rings. The number of esters is 1. The van der Waals surface area contributed by atoms with Crippen molar-refractivity contribution in [1.82, 2.24) is 0 Å². The summed E-state index contributed by atoms with van der Waals surface area (Å²) in [5, 5.41) is 0. The molecular formula is C15H18F3IO2. The number of benzene rings is 1. The summed E-state index contributed by atoms with van der Waals surface area (Å²) < 4.78 is 42.5. The van der Waals surface area contributed by atoms with Crippen LogP contribution in [0.15, 0.2) is 24.3 Å². The minimum absolute atomic E-state index is 0.379. The number of hydrogen-bond donors (Lipinski definition) is 0. The normalized spacial score (nSPS) is 15.4. The van der Waals surface area contributed by atoms with Crippen molar-refractivity contribution in [3.63, 3.8) is 0 Å². The summed E-state index contributed by atoms with van der Waals surface area (Å²) in [6.45, 7) is 6.96. The Morgan fingerprint density at radius 3 is 1.90 bits per heavy atom. The van der Waals surface area contributed by atoms with E-state index in [1.807, 2.05) is 29.5 Å². The van der Waals surface area contributed by atoms with Gasteiger partial charge in [-0.3, -0.25) is 4.79 Å². The first-order chi connectivity index (χ1) is 9.40. The minimum Gasteiger partial charge on any atom is -0.454 e. The maximum absolute atomic E-state index is 12.5. The molecule has 0 aromatic heterocycles. The van der Waals surface area contributed by atoms with Crippen molar-refractivity contribution in [2.75, 3.05) is 0 Å². The van der Waals surface area contributed by atoms with Gasteiger partial charge in [-0.15, -0.1) is 0 Å². The van der Waals surface area contributed by atoms with E-state index < -0.39 is 20.8 Å². The molecule has 0 spiro atoms. The fraction of sp³-hybridized carbons (Fsp3) is 0.533. The molecule has 0 aliphatic carbocycles. The predicted octanol–water partition coefficient (Wildman–Crippen LogP) is 5.09. The van der Waals surface area contributed by atoms with Crippen molar-refractivity contribution in [2.45, 2.75) is 49.3 Å². The number of ether oxygens (including phenoxy) is 1. The molecule has 0 aliphatic rings. The van der Waals surface area contributed by atoms with Crippen molar-refractivity contribution in [3.05, 3.63) is 35.4 Å². The van der Waals surface area contributed by atoms with Crippen LogP contribution in [0.4, 0.5) is 13.2 Å². The lowest BCUT2D eigenvalue weighted by atomic mass is 9.96. The van der Waals surface area contributed by atoms with Gasteiger partial charge in [-0.2, -0.15) is 13.2 Å². The van der Waals surface area contributed by atoms with Crippen LogP contribution >= 0.6 is 22.6 Å². The van der Waals surface area contributed by atoms with Gasteiger partial charge >= 0.3 is 12.1 Å². The molecule has 6 heteroatoms. The van der Waals surface area contributed by atoms with Crippen molar-refractivity contribution in [3.8, 4) is 0 Å². The third kappa shape index (κ3) is 4.59. The van der Waals surface area contributed by atoms with Crippen molar-refractivity contribution in [2.24, 2.45) is 0 Å². The Bertz CT molecular complexity index is 505. The van der Waals surface area contributed by atoms with Crippen LogP contribution in [0.2, 0.25) is 0 Å². The lowest BCUT2D eigenvalue weighted by molar-refractivity contribution is -0.159. The predicted molar refractivity (Wildman–Crippen MR) is 83.3 cm³/mol. The molecule has 1 aromatic carbocycles. The van der Waals surface area contributed by atoms with E-state index in [4.69, 9.17) is 4.74 Å². The Morgan fingerprint density at radius 2 is 1.52 bits per heavy atom. The van der Waals surface area contributed by atoms with E-state index in [9.17, 15) is 18.0 Å². The molecule has 0 saturated heterocycles. The maximum Gasteiger partial charge on any atom is 0.416 e. The third-order valence-corrected chi connectivity index (χ3v) is 4.55. The molecule has 0 bridgehead atoms. The van der Waals surface area contributed by atoms with Crippen LogP contribution < -0.4 is 0 Å². The maximum atomic E-state index is 12.5. The van der Waals surface area contributed by atoms with Gasteiger partial charge < -0.3 is 4.74 Å². The summed E-state index contributed by atoms with van der Waals surface area (Å²) >= 11 is 2.02. The molecule has 0 heterocycles. The van der Waals surface area contributed by atoms with Crippen LogP contribution in [-0.4, -0.2) is 9.39 Å². The standard InChI is InChI=1S/C15H18F3IO2/c1-5-14(4,19)12(20)21-13(2,3)10-6-8-11(9-7-10)15(16,17)18/h6-9H,5H2,1-4H3. The van der Waals surface area contributed by atoms with E-state index in [1.54, 1.807) is 20.8 Å². The number of carbonyl (C=O) groups is 1. The molecule has 0 amide bonds. The first-order valence-corrected chi connectivity index (χ1v) is 7.58. The van der Waals surface area contributed by atoms with Gasteiger partial charge in [0.25, 0.3) is 0 Å². The number of hydrogen-bond acceptors (Lipinski definition) is 2. The molecule has 118 valence electrons. The first-order valence-electron chi connectivity index (χ1n) is 6.50. The van der Waals surface area contributed by atoms with Crippen LogP contribution in [0, 0.1) is 0 Å². The molecule has 0 N–H and O–H groups in total. The summed E-state index contributed by atoms with van der Waals surface area (Å²) in [5.74, 6) is -0.379. The van der Waals surface area contributed by atoms with E-state index in [-0.39, 0.29) is 5.97 Å². The zero-order valence-electron chi connectivity index (χ0n) is 12.3. The third-order valence-electron chi connectivity index (χ3n) is 3.34. The van der Waals surface area contributed by atoms with Gasteiger partial charge in [0.1, 0.15) is 9.02 Å². The summed E-state index contributed by atoms with van der Waals surface area (Å²) in [7, 11) is 0. The summed E-state index contributed by atoms with van der Waals surface area (Å²) in [5.41, 5.74) is -1.18. The van der Waals surface area contributed by atoms with E-state index in [0.29, 0.717) is 12.0 Å². The minimum atomic E-state index is -4.37. The quantitative estimate of drug-likeness (QED) is 0.390. The fourth-order valence-electron chi connectivity index (χ4n) is 1.60. The second-order valence-corrected chi connectivity index (χ2v) is 7.91. The molecule has 0 saturated carbocycles. The fourth-order valence-corrected chi connectivity index (χ4v) is 1.71. The van der Waals surface area contributed by atoms with Crippen LogP contribution in [0.3, 0.4) is 0 Å². The molecule has 1 unspecified atom stereocenters. The van der Waals surface area contributed by atoms with Gasteiger partial charge in [0.2, 0.25) is 0 Å². The smallest absolute Gasteiger partial charge is 0.416 e. The van der Waals surface area contributed by atoms with Crippen LogP contribution in [0.5, 0.6) is 0 Å². The second kappa shape index (κ2) is 6.14. The molecule has 21 heavy (non-hydrogen) atoms. The van der Waals surface area contributed by atoms with Crippen LogP contribution in [-0.2, 0) is 21.3 Å². The molecule has 0 radical (unpaired) electrons. The average Bonchev–Trinajstić information content (AvgIpc) is 2.37. The number of alkyl halides is 4. The topological polar surface area (TPSA) is 26.3 Å². The lowest BCUT2D eigenvalue weighted by Gasteiger charge is -2.30. The highest BCUT2D eigenvalue weighted by Gasteiger charge is 2.36. The molecule has 2 nitrogen and oxygen atoms in total. The molecule has 1 rings (SSSR count). The van der Waals surface area contributed by atoms with Gasteiger partial charge in [0.05, 0.1) is 5.56 Å². The molecule has 1 aromatic rings. The monoisotopic (exact) mass is 414 g/mol. The highest BCUT2D eigenvalue weighted by atomic mass is 127. The van der Waals surface area contributed by atoms with Crippen molar-refractivity contribution >= 4 is 28.6 Å². The van der Waals surface area contributed by atoms with Crippen molar-refractivity contribution in [1.29, 1.82) is 0 Å². The van der Waals surface area contributed by atoms with Crippen molar-refractivity contribution < 1.29 is 22.7 Å². The largest absolute Gasteiger partial charge is 0.454 e. The highest BCUT2D eigenvalue weighted by molar-refractivity contribution is 14.1. The summed E-state index contributed by atoms with van der Waals surface area (Å²) in [6.07, 6.45) is -3.77. The number of halogens is 4. The molecular weight excluding hydrogens is 396 g/mol. The first kappa shape index (κ1) is 18.3. The van der Waals surface area contributed by atoms with Gasteiger partial charge in [-0.25, -0.2) is 0 Å². The Morgan fingerprint density at radius 1 is 1.10 bits per heavy atom. The lowest BCUT2D eigenvalue weighted by Crippen LogP contribution is -2.36. The molecule has 1 atom stereocenters. The SMILES string of the molecule is CCC(C)(I)C(=O)OC(C)(C)c1ccc(C(F)(F)F)cc1. The van der Waals surface area contributed by atoms with Crippen LogP contribution in [0.1, 0.15) is 45.2 Å². The highest BCUT2D eigenvalue weighted by Crippen LogP contribution is 2.34. The van der Waals surface area contributed by atoms with E-state index in [2.05, 4.69) is 0 Å². The van der Waals surface area contributed by atoms with Gasteiger partial charge in [0, 0.05) is 0 Å². The Hall–Kier alpha value is -0.790. The second-order valence-electron chi connectivity index (χ2n) is 5.53. The van der Waals surface area contributed by atoms with Gasteiger partial charge in [-0.05, 0) is 44.9 Å². The summed E-state index contributed by atoms with van der Waals surface area (Å²) in [4.78, 5) is 12.1. The molecule has 0 aliphatic heterocycles. The zero-order chi connectivity index (χ0) is 16.5.